The molecule has 11 heteroatoms. The van der Waals surface area contributed by atoms with Gasteiger partial charge in [0.05, 0.1) is 10.6 Å². The maximum atomic E-state index is 13.4. The van der Waals surface area contributed by atoms with E-state index >= 15 is 0 Å². The van der Waals surface area contributed by atoms with Gasteiger partial charge in [0.25, 0.3) is 0 Å². The van der Waals surface area contributed by atoms with Crippen LogP contribution in [0.25, 0.3) is 11.4 Å². The molecule has 0 bridgehead atoms. The topological polar surface area (TPSA) is 118 Å². The fourth-order valence-electron chi connectivity index (χ4n) is 3.65. The second-order valence-electron chi connectivity index (χ2n) is 7.81. The highest BCUT2D eigenvalue weighted by Gasteiger charge is 2.33. The molecule has 1 fully saturated rings. The molecule has 0 atom stereocenters. The van der Waals surface area contributed by atoms with Gasteiger partial charge in [-0.05, 0) is 38.3 Å². The van der Waals surface area contributed by atoms with Crippen LogP contribution in [0.1, 0.15) is 36.9 Å². The molecule has 1 saturated heterocycles. The minimum absolute atomic E-state index is 0.113. The standard InChI is InChI=1S/C21H25N5O4S2/c1-4-18-23-19(25-30-18)16-6-5-13(2)17(11-16)32(28,29)26-9-7-15(8-10-26)20(27)24-21-22-14(3)12-31-21/h5-6,11-12,15H,4,7-10H2,1-3H3,(H,22,24,27). The number of aryl methyl sites for hydroxylation is 3. The minimum atomic E-state index is -3.72. The second kappa shape index (κ2) is 9.08. The van der Waals surface area contributed by atoms with Crippen LogP contribution >= 0.6 is 11.3 Å². The number of piperidine rings is 1. The van der Waals surface area contributed by atoms with E-state index < -0.39 is 10.0 Å². The highest BCUT2D eigenvalue weighted by atomic mass is 32.2. The molecule has 9 nitrogen and oxygen atoms in total. The summed E-state index contributed by atoms with van der Waals surface area (Å²) in [5.74, 6) is 0.507. The number of hydrogen-bond donors (Lipinski definition) is 1. The monoisotopic (exact) mass is 475 g/mol. The van der Waals surface area contributed by atoms with Gasteiger partial charge < -0.3 is 9.84 Å². The summed E-state index contributed by atoms with van der Waals surface area (Å²) in [6.45, 7) is 6.10. The summed E-state index contributed by atoms with van der Waals surface area (Å²) in [4.78, 5) is 21.3. The van der Waals surface area contributed by atoms with Crippen molar-refractivity contribution in [2.75, 3.05) is 18.4 Å². The van der Waals surface area contributed by atoms with Crippen molar-refractivity contribution in [1.29, 1.82) is 0 Å². The van der Waals surface area contributed by atoms with Crippen LogP contribution in [0, 0.1) is 19.8 Å². The van der Waals surface area contributed by atoms with Gasteiger partial charge in [0.2, 0.25) is 27.6 Å². The fraction of sp³-hybridized carbons (Fsp3) is 0.429. The number of nitrogens with zero attached hydrogens (tertiary/aromatic N) is 4. The lowest BCUT2D eigenvalue weighted by Crippen LogP contribution is -2.41. The molecule has 1 aliphatic heterocycles. The summed E-state index contributed by atoms with van der Waals surface area (Å²) >= 11 is 1.38. The molecule has 170 valence electrons. The predicted molar refractivity (Wildman–Crippen MR) is 121 cm³/mol. The second-order valence-corrected chi connectivity index (χ2v) is 10.6. The number of aromatic nitrogens is 3. The SMILES string of the molecule is CCc1nc(-c2ccc(C)c(S(=O)(=O)N3CCC(C(=O)Nc4nc(C)cs4)CC3)c2)no1. The van der Waals surface area contributed by atoms with Gasteiger partial charge in [-0.15, -0.1) is 11.3 Å². The smallest absolute Gasteiger partial charge is 0.243 e. The van der Waals surface area contributed by atoms with Gasteiger partial charge in [-0.3, -0.25) is 4.79 Å². The third-order valence-electron chi connectivity index (χ3n) is 5.51. The maximum Gasteiger partial charge on any atom is 0.243 e. The maximum absolute atomic E-state index is 13.4. The minimum Gasteiger partial charge on any atom is -0.339 e. The molecule has 0 spiro atoms. The van der Waals surface area contributed by atoms with E-state index in [0.717, 1.165) is 5.69 Å². The Morgan fingerprint density at radius 1 is 1.25 bits per heavy atom. The van der Waals surface area contributed by atoms with E-state index in [1.807, 2.05) is 19.2 Å². The third-order valence-corrected chi connectivity index (χ3v) is 8.42. The van der Waals surface area contributed by atoms with Crippen molar-refractivity contribution in [1.82, 2.24) is 19.4 Å². The van der Waals surface area contributed by atoms with E-state index in [1.54, 1.807) is 25.1 Å². The number of rotatable bonds is 6. The third kappa shape index (κ3) is 4.59. The van der Waals surface area contributed by atoms with Gasteiger partial charge in [-0.1, -0.05) is 24.2 Å². The largest absolute Gasteiger partial charge is 0.339 e. The molecule has 0 aliphatic carbocycles. The Balaban J connectivity index is 1.47. The van der Waals surface area contributed by atoms with E-state index in [0.29, 0.717) is 47.2 Å². The van der Waals surface area contributed by atoms with Crippen LogP contribution in [0.3, 0.4) is 0 Å². The van der Waals surface area contributed by atoms with Crippen molar-refractivity contribution in [3.63, 3.8) is 0 Å². The predicted octanol–water partition coefficient (Wildman–Crippen LogP) is 3.41. The lowest BCUT2D eigenvalue weighted by atomic mass is 9.97. The molecule has 3 heterocycles. The zero-order valence-corrected chi connectivity index (χ0v) is 19.8. The molecule has 4 rings (SSSR count). The van der Waals surface area contributed by atoms with Crippen LogP contribution < -0.4 is 5.32 Å². The van der Waals surface area contributed by atoms with Gasteiger partial charge in [-0.2, -0.15) is 9.29 Å². The molecule has 1 aliphatic rings. The lowest BCUT2D eigenvalue weighted by molar-refractivity contribution is -0.120. The first kappa shape index (κ1) is 22.6. The number of thiazole rings is 1. The number of sulfonamides is 1. The van der Waals surface area contributed by atoms with E-state index in [2.05, 4.69) is 20.4 Å². The van der Waals surface area contributed by atoms with Gasteiger partial charge in [0.15, 0.2) is 5.13 Å². The summed E-state index contributed by atoms with van der Waals surface area (Å²) in [6, 6.07) is 5.13. The number of benzene rings is 1. The van der Waals surface area contributed by atoms with Crippen LogP contribution in [-0.4, -0.2) is 46.8 Å². The number of anilines is 1. The Kier molecular flexibility index (Phi) is 6.40. The fourth-order valence-corrected chi connectivity index (χ4v) is 6.06. The van der Waals surface area contributed by atoms with Crippen molar-refractivity contribution in [2.24, 2.45) is 5.92 Å². The Morgan fingerprint density at radius 2 is 2.00 bits per heavy atom. The number of carbonyl (C=O) groups excluding carboxylic acids is 1. The summed E-state index contributed by atoms with van der Waals surface area (Å²) in [5.41, 5.74) is 2.09. The number of hydrogen-bond acceptors (Lipinski definition) is 8. The molecule has 0 unspecified atom stereocenters. The Morgan fingerprint density at radius 3 is 2.62 bits per heavy atom. The molecule has 2 aromatic heterocycles. The molecule has 1 aromatic carbocycles. The molecule has 32 heavy (non-hydrogen) atoms. The van der Waals surface area contributed by atoms with E-state index in [9.17, 15) is 13.2 Å². The van der Waals surface area contributed by atoms with Crippen molar-refractivity contribution in [3.05, 3.63) is 40.7 Å². The van der Waals surface area contributed by atoms with E-state index in [4.69, 9.17) is 4.52 Å². The van der Waals surface area contributed by atoms with Crippen LogP contribution in [0.5, 0.6) is 0 Å². The number of amides is 1. The molecule has 3 aromatic rings. The van der Waals surface area contributed by atoms with Gasteiger partial charge >= 0.3 is 0 Å². The van der Waals surface area contributed by atoms with Crippen LogP contribution in [0.4, 0.5) is 5.13 Å². The van der Waals surface area contributed by atoms with E-state index in [1.165, 1.54) is 15.6 Å². The number of carbonyl (C=O) groups is 1. The highest BCUT2D eigenvalue weighted by molar-refractivity contribution is 7.89. The normalized spacial score (nSPS) is 15.7. The Labute approximate surface area is 190 Å². The van der Waals surface area contributed by atoms with Crippen LogP contribution in [-0.2, 0) is 21.2 Å². The molecule has 1 N–H and O–H groups in total. The zero-order chi connectivity index (χ0) is 22.9. The first-order valence-electron chi connectivity index (χ1n) is 10.4. The first-order chi connectivity index (χ1) is 15.3. The van der Waals surface area contributed by atoms with E-state index in [-0.39, 0.29) is 29.8 Å². The zero-order valence-electron chi connectivity index (χ0n) is 18.2. The average molecular weight is 476 g/mol. The van der Waals surface area contributed by atoms with Crippen molar-refractivity contribution >= 4 is 32.4 Å². The summed E-state index contributed by atoms with van der Waals surface area (Å²) < 4.78 is 33.4. The Hall–Kier alpha value is -2.63. The van der Waals surface area contributed by atoms with Crippen molar-refractivity contribution < 1.29 is 17.7 Å². The first-order valence-corrected chi connectivity index (χ1v) is 12.8. The molecular formula is C21H25N5O4S2. The molecule has 0 radical (unpaired) electrons. The molecule has 0 saturated carbocycles. The lowest BCUT2D eigenvalue weighted by Gasteiger charge is -2.30. The van der Waals surface area contributed by atoms with Crippen LogP contribution in [0.15, 0.2) is 33.0 Å². The quantitative estimate of drug-likeness (QED) is 0.580. The molecular weight excluding hydrogens is 450 g/mol. The molecule has 1 amide bonds. The van der Waals surface area contributed by atoms with Crippen molar-refractivity contribution in [2.45, 2.75) is 44.9 Å². The number of nitrogens with one attached hydrogen (secondary N) is 1. The van der Waals surface area contributed by atoms with Gasteiger partial charge in [0, 0.05) is 36.4 Å². The van der Waals surface area contributed by atoms with Crippen molar-refractivity contribution in [3.8, 4) is 11.4 Å². The highest BCUT2D eigenvalue weighted by Crippen LogP contribution is 2.29. The average Bonchev–Trinajstić information content (AvgIpc) is 3.43. The Bertz CT molecular complexity index is 1230. The summed E-state index contributed by atoms with van der Waals surface area (Å²) in [6.07, 6.45) is 1.52. The summed E-state index contributed by atoms with van der Waals surface area (Å²) in [7, 11) is -3.72. The van der Waals surface area contributed by atoms with Gasteiger partial charge in [0.1, 0.15) is 0 Å². The van der Waals surface area contributed by atoms with Gasteiger partial charge in [-0.25, -0.2) is 13.4 Å². The summed E-state index contributed by atoms with van der Waals surface area (Å²) in [5, 5.41) is 9.23. The van der Waals surface area contributed by atoms with Crippen LogP contribution in [0.2, 0.25) is 0 Å².